The fourth-order valence-corrected chi connectivity index (χ4v) is 3.99. The molecule has 0 aromatic heterocycles. The van der Waals surface area contributed by atoms with Crippen molar-refractivity contribution in [3.8, 4) is 0 Å². The minimum Gasteiger partial charge on any atom is -0.312 e. The highest BCUT2D eigenvalue weighted by Gasteiger charge is 2.26. The summed E-state index contributed by atoms with van der Waals surface area (Å²) in [7, 11) is 0. The highest BCUT2D eigenvalue weighted by atomic mass is 35.5. The van der Waals surface area contributed by atoms with E-state index < -0.39 is 0 Å². The summed E-state index contributed by atoms with van der Waals surface area (Å²) in [4.78, 5) is 2.63. The van der Waals surface area contributed by atoms with Gasteiger partial charge in [-0.05, 0) is 56.0 Å². The molecular weight excluding hydrogens is 280 g/mol. The SMILES string of the molecule is Clc1ccc(CN2CCCNC(C3CCCCC3)C2)cc1. The maximum atomic E-state index is 5.98. The van der Waals surface area contributed by atoms with Gasteiger partial charge in [0.1, 0.15) is 0 Å². The van der Waals surface area contributed by atoms with Gasteiger partial charge in [-0.3, -0.25) is 4.90 Å². The van der Waals surface area contributed by atoms with Gasteiger partial charge in [-0.2, -0.15) is 0 Å². The smallest absolute Gasteiger partial charge is 0.0406 e. The van der Waals surface area contributed by atoms with E-state index in [0.29, 0.717) is 6.04 Å². The van der Waals surface area contributed by atoms with E-state index in [4.69, 9.17) is 11.6 Å². The Morgan fingerprint density at radius 3 is 2.57 bits per heavy atom. The molecule has 0 radical (unpaired) electrons. The van der Waals surface area contributed by atoms with Crippen LogP contribution < -0.4 is 5.32 Å². The highest BCUT2D eigenvalue weighted by Crippen LogP contribution is 2.28. The highest BCUT2D eigenvalue weighted by molar-refractivity contribution is 6.30. The molecule has 2 fully saturated rings. The molecule has 1 N–H and O–H groups in total. The van der Waals surface area contributed by atoms with E-state index in [1.54, 1.807) is 0 Å². The lowest BCUT2D eigenvalue weighted by atomic mass is 9.83. The molecule has 0 bridgehead atoms. The molecule has 1 aromatic carbocycles. The monoisotopic (exact) mass is 306 g/mol. The van der Waals surface area contributed by atoms with Crippen molar-refractivity contribution in [1.82, 2.24) is 10.2 Å². The Morgan fingerprint density at radius 1 is 1.05 bits per heavy atom. The number of benzene rings is 1. The van der Waals surface area contributed by atoms with Gasteiger partial charge in [0.25, 0.3) is 0 Å². The van der Waals surface area contributed by atoms with Crippen LogP contribution in [0, 0.1) is 5.92 Å². The van der Waals surface area contributed by atoms with Crippen LogP contribution in [0.1, 0.15) is 44.1 Å². The molecule has 2 aliphatic rings. The molecule has 1 saturated heterocycles. The Bertz CT molecular complexity index is 425. The molecule has 1 heterocycles. The van der Waals surface area contributed by atoms with Crippen molar-refractivity contribution in [3.05, 3.63) is 34.9 Å². The largest absolute Gasteiger partial charge is 0.312 e. The lowest BCUT2D eigenvalue weighted by molar-refractivity contribution is 0.201. The minimum absolute atomic E-state index is 0.695. The van der Waals surface area contributed by atoms with Crippen LogP contribution in [0.2, 0.25) is 5.02 Å². The summed E-state index contributed by atoms with van der Waals surface area (Å²) in [6, 6.07) is 9.03. The third-order valence-corrected chi connectivity index (χ3v) is 5.30. The zero-order chi connectivity index (χ0) is 14.5. The van der Waals surface area contributed by atoms with Crippen molar-refractivity contribution in [2.24, 2.45) is 5.92 Å². The first-order chi connectivity index (χ1) is 10.3. The first-order valence-electron chi connectivity index (χ1n) is 8.51. The zero-order valence-corrected chi connectivity index (χ0v) is 13.6. The quantitative estimate of drug-likeness (QED) is 0.905. The fraction of sp³-hybridized carbons (Fsp3) is 0.667. The summed E-state index contributed by atoms with van der Waals surface area (Å²) >= 11 is 5.98. The minimum atomic E-state index is 0.695. The summed E-state index contributed by atoms with van der Waals surface area (Å²) in [6.07, 6.45) is 8.41. The van der Waals surface area contributed by atoms with Crippen LogP contribution in [0.15, 0.2) is 24.3 Å². The Morgan fingerprint density at radius 2 is 1.81 bits per heavy atom. The second kappa shape index (κ2) is 7.62. The molecule has 0 amide bonds. The lowest BCUT2D eigenvalue weighted by Crippen LogP contribution is -2.43. The number of hydrogen-bond donors (Lipinski definition) is 1. The molecule has 1 aromatic rings. The Labute approximate surface area is 133 Å². The second-order valence-corrected chi connectivity index (χ2v) is 7.11. The molecule has 3 heteroatoms. The summed E-state index contributed by atoms with van der Waals surface area (Å²) < 4.78 is 0. The Balaban J connectivity index is 1.60. The summed E-state index contributed by atoms with van der Waals surface area (Å²) in [5.41, 5.74) is 1.38. The fourth-order valence-electron chi connectivity index (χ4n) is 3.87. The number of nitrogens with zero attached hydrogens (tertiary/aromatic N) is 1. The average Bonchev–Trinajstić information content (AvgIpc) is 2.76. The maximum absolute atomic E-state index is 5.98. The van der Waals surface area contributed by atoms with Crippen LogP contribution in [-0.4, -0.2) is 30.6 Å². The predicted octanol–water partition coefficient (Wildman–Crippen LogP) is 4.08. The molecule has 1 saturated carbocycles. The van der Waals surface area contributed by atoms with Gasteiger partial charge in [0, 0.05) is 24.2 Å². The first-order valence-corrected chi connectivity index (χ1v) is 8.89. The normalized spacial score (nSPS) is 25.7. The van der Waals surface area contributed by atoms with E-state index in [1.165, 1.54) is 63.7 Å². The van der Waals surface area contributed by atoms with Gasteiger partial charge >= 0.3 is 0 Å². The van der Waals surface area contributed by atoms with Gasteiger partial charge in [0.15, 0.2) is 0 Å². The molecule has 1 aliphatic heterocycles. The summed E-state index contributed by atoms with van der Waals surface area (Å²) in [5.74, 6) is 0.893. The zero-order valence-electron chi connectivity index (χ0n) is 12.9. The van der Waals surface area contributed by atoms with E-state index in [-0.39, 0.29) is 0 Å². The molecule has 21 heavy (non-hydrogen) atoms. The van der Waals surface area contributed by atoms with Crippen molar-refractivity contribution in [2.45, 2.75) is 51.1 Å². The predicted molar refractivity (Wildman–Crippen MR) is 89.7 cm³/mol. The third kappa shape index (κ3) is 4.45. The maximum Gasteiger partial charge on any atom is 0.0406 e. The third-order valence-electron chi connectivity index (χ3n) is 5.05. The van der Waals surface area contributed by atoms with Crippen molar-refractivity contribution in [3.63, 3.8) is 0 Å². The number of hydrogen-bond acceptors (Lipinski definition) is 2. The van der Waals surface area contributed by atoms with E-state index in [9.17, 15) is 0 Å². The van der Waals surface area contributed by atoms with E-state index >= 15 is 0 Å². The molecule has 2 nitrogen and oxygen atoms in total. The van der Waals surface area contributed by atoms with E-state index in [1.807, 2.05) is 12.1 Å². The van der Waals surface area contributed by atoms with Crippen LogP contribution in [0.25, 0.3) is 0 Å². The van der Waals surface area contributed by atoms with Crippen LogP contribution in [0.3, 0.4) is 0 Å². The summed E-state index contributed by atoms with van der Waals surface area (Å²) in [5, 5.41) is 4.64. The summed E-state index contributed by atoms with van der Waals surface area (Å²) in [6.45, 7) is 4.65. The van der Waals surface area contributed by atoms with Crippen LogP contribution in [-0.2, 0) is 6.54 Å². The van der Waals surface area contributed by atoms with Gasteiger partial charge in [-0.25, -0.2) is 0 Å². The molecule has 3 rings (SSSR count). The van der Waals surface area contributed by atoms with Crippen molar-refractivity contribution >= 4 is 11.6 Å². The lowest BCUT2D eigenvalue weighted by Gasteiger charge is -2.33. The second-order valence-electron chi connectivity index (χ2n) is 6.67. The van der Waals surface area contributed by atoms with Crippen molar-refractivity contribution < 1.29 is 0 Å². The van der Waals surface area contributed by atoms with Gasteiger partial charge in [-0.15, -0.1) is 0 Å². The number of rotatable bonds is 3. The molecule has 116 valence electrons. The average molecular weight is 307 g/mol. The van der Waals surface area contributed by atoms with E-state index in [0.717, 1.165) is 17.5 Å². The van der Waals surface area contributed by atoms with Crippen LogP contribution in [0.4, 0.5) is 0 Å². The molecule has 0 spiro atoms. The van der Waals surface area contributed by atoms with Gasteiger partial charge in [0.2, 0.25) is 0 Å². The van der Waals surface area contributed by atoms with Crippen LogP contribution in [0.5, 0.6) is 0 Å². The van der Waals surface area contributed by atoms with Crippen molar-refractivity contribution in [2.75, 3.05) is 19.6 Å². The van der Waals surface area contributed by atoms with Gasteiger partial charge in [0.05, 0.1) is 0 Å². The van der Waals surface area contributed by atoms with Crippen molar-refractivity contribution in [1.29, 1.82) is 0 Å². The molecule has 1 aliphatic carbocycles. The Hall–Kier alpha value is -0.570. The number of nitrogens with one attached hydrogen (secondary N) is 1. The van der Waals surface area contributed by atoms with Crippen LogP contribution >= 0.6 is 11.6 Å². The number of halogens is 1. The molecule has 1 unspecified atom stereocenters. The molecule has 1 atom stereocenters. The first kappa shape index (κ1) is 15.3. The standard InChI is InChI=1S/C18H27ClN2/c19-17-9-7-15(8-10-17)13-21-12-4-11-20-18(14-21)16-5-2-1-3-6-16/h7-10,16,18,20H,1-6,11-14H2. The topological polar surface area (TPSA) is 15.3 Å². The van der Waals surface area contributed by atoms with Gasteiger partial charge < -0.3 is 5.32 Å². The van der Waals surface area contributed by atoms with Gasteiger partial charge in [-0.1, -0.05) is 43.0 Å². The van der Waals surface area contributed by atoms with E-state index in [2.05, 4.69) is 22.3 Å². The Kier molecular flexibility index (Phi) is 5.56. The molecular formula is C18H27ClN2.